The molecule has 2 N–H and O–H groups in total. The van der Waals surface area contributed by atoms with Crippen molar-refractivity contribution in [2.75, 3.05) is 5.32 Å². The Hall–Kier alpha value is -3.47. The van der Waals surface area contributed by atoms with E-state index in [0.717, 1.165) is 11.1 Å². The molecule has 0 heterocycles. The van der Waals surface area contributed by atoms with Gasteiger partial charge >= 0.3 is 0 Å². The highest BCUT2D eigenvalue weighted by Gasteiger charge is 2.11. The molecule has 3 aromatic rings. The van der Waals surface area contributed by atoms with E-state index < -0.39 is 0 Å². The summed E-state index contributed by atoms with van der Waals surface area (Å²) in [6.45, 7) is 1.90. The van der Waals surface area contributed by atoms with Crippen LogP contribution in [0.3, 0.4) is 0 Å². The Kier molecular flexibility index (Phi) is 6.74. The number of halogens is 1. The third-order valence-corrected chi connectivity index (χ3v) is 4.61. The van der Waals surface area contributed by atoms with Gasteiger partial charge in [0.15, 0.2) is 0 Å². The van der Waals surface area contributed by atoms with E-state index in [1.807, 2.05) is 49.4 Å². The minimum absolute atomic E-state index is 0.0828. The summed E-state index contributed by atoms with van der Waals surface area (Å²) in [6, 6.07) is 22.4. The number of amides is 2. The Morgan fingerprint density at radius 3 is 2.38 bits per heavy atom. The summed E-state index contributed by atoms with van der Waals surface area (Å²) < 4.78 is 12.9. The Morgan fingerprint density at radius 2 is 1.66 bits per heavy atom. The number of hydrogen-bond donors (Lipinski definition) is 2. The number of hydrogen-bond acceptors (Lipinski definition) is 2. The monoisotopic (exact) mass is 390 g/mol. The van der Waals surface area contributed by atoms with Crippen molar-refractivity contribution in [2.45, 2.75) is 25.8 Å². The van der Waals surface area contributed by atoms with Gasteiger partial charge in [-0.1, -0.05) is 42.5 Å². The van der Waals surface area contributed by atoms with Crippen molar-refractivity contribution < 1.29 is 14.0 Å². The molecule has 1 atom stereocenters. The maximum atomic E-state index is 12.9. The van der Waals surface area contributed by atoms with Crippen LogP contribution in [0.25, 0.3) is 0 Å². The zero-order valence-electron chi connectivity index (χ0n) is 16.2. The second kappa shape index (κ2) is 9.64. The van der Waals surface area contributed by atoms with Gasteiger partial charge in [0.25, 0.3) is 5.91 Å². The fourth-order valence-corrected chi connectivity index (χ4v) is 2.98. The van der Waals surface area contributed by atoms with Gasteiger partial charge in [-0.15, -0.1) is 0 Å². The first-order valence-electron chi connectivity index (χ1n) is 9.51. The van der Waals surface area contributed by atoms with E-state index in [2.05, 4.69) is 10.6 Å². The van der Waals surface area contributed by atoms with Crippen molar-refractivity contribution in [2.24, 2.45) is 0 Å². The lowest BCUT2D eigenvalue weighted by Crippen LogP contribution is -2.26. The van der Waals surface area contributed by atoms with Gasteiger partial charge in [-0.3, -0.25) is 9.59 Å². The Morgan fingerprint density at radius 1 is 0.931 bits per heavy atom. The minimum atomic E-state index is -0.286. The molecule has 148 valence electrons. The molecule has 29 heavy (non-hydrogen) atoms. The molecule has 1 unspecified atom stereocenters. The normalized spacial score (nSPS) is 11.5. The number of aryl methyl sites for hydroxylation is 1. The molecule has 0 aliphatic heterocycles. The SMILES string of the molecule is CC(NC(=O)CCc1ccc(F)cc1)c1cccc(NC(=O)c2ccccc2)c1. The predicted molar refractivity (Wildman–Crippen MR) is 112 cm³/mol. The number of anilines is 1. The third-order valence-electron chi connectivity index (χ3n) is 4.61. The van der Waals surface area contributed by atoms with Crippen LogP contribution in [0.1, 0.15) is 40.9 Å². The lowest BCUT2D eigenvalue weighted by molar-refractivity contribution is -0.121. The van der Waals surface area contributed by atoms with Gasteiger partial charge in [-0.2, -0.15) is 0 Å². The van der Waals surface area contributed by atoms with Crippen LogP contribution in [0.4, 0.5) is 10.1 Å². The van der Waals surface area contributed by atoms with Crippen LogP contribution in [0.15, 0.2) is 78.9 Å². The van der Waals surface area contributed by atoms with Gasteiger partial charge in [-0.05, 0) is 60.9 Å². The highest BCUT2D eigenvalue weighted by atomic mass is 19.1. The third kappa shape index (κ3) is 6.01. The van der Waals surface area contributed by atoms with Crippen LogP contribution >= 0.6 is 0 Å². The minimum Gasteiger partial charge on any atom is -0.350 e. The van der Waals surface area contributed by atoms with E-state index in [9.17, 15) is 14.0 Å². The molecule has 4 nitrogen and oxygen atoms in total. The Balaban J connectivity index is 1.55. The molecule has 0 radical (unpaired) electrons. The Bertz CT molecular complexity index is 972. The van der Waals surface area contributed by atoms with Gasteiger partial charge in [0.1, 0.15) is 5.82 Å². The first-order valence-corrected chi connectivity index (χ1v) is 9.51. The van der Waals surface area contributed by atoms with E-state index in [1.165, 1.54) is 12.1 Å². The lowest BCUT2D eigenvalue weighted by Gasteiger charge is -2.16. The maximum absolute atomic E-state index is 12.9. The zero-order chi connectivity index (χ0) is 20.6. The van der Waals surface area contributed by atoms with Gasteiger partial charge < -0.3 is 10.6 Å². The average Bonchev–Trinajstić information content (AvgIpc) is 2.74. The van der Waals surface area contributed by atoms with Crippen LogP contribution in [0.2, 0.25) is 0 Å². The molecule has 0 saturated carbocycles. The largest absolute Gasteiger partial charge is 0.350 e. The number of benzene rings is 3. The molecule has 5 heteroatoms. The number of nitrogens with one attached hydrogen (secondary N) is 2. The highest BCUT2D eigenvalue weighted by Crippen LogP contribution is 2.18. The molecule has 3 rings (SSSR count). The van der Waals surface area contributed by atoms with Crippen LogP contribution < -0.4 is 10.6 Å². The molecular formula is C24H23FN2O2. The van der Waals surface area contributed by atoms with Crippen LogP contribution in [-0.2, 0) is 11.2 Å². The molecule has 0 aliphatic carbocycles. The van der Waals surface area contributed by atoms with E-state index in [4.69, 9.17) is 0 Å². The second-order valence-electron chi connectivity index (χ2n) is 6.86. The predicted octanol–water partition coefficient (Wildman–Crippen LogP) is 4.89. The first kappa shape index (κ1) is 20.3. The van der Waals surface area contributed by atoms with Crippen molar-refractivity contribution in [3.8, 4) is 0 Å². The van der Waals surface area contributed by atoms with Gasteiger partial charge in [0, 0.05) is 17.7 Å². The Labute approximate surface area is 169 Å². The van der Waals surface area contributed by atoms with Crippen molar-refractivity contribution in [1.82, 2.24) is 5.32 Å². The van der Waals surface area contributed by atoms with Crippen molar-refractivity contribution in [3.05, 3.63) is 101 Å². The smallest absolute Gasteiger partial charge is 0.255 e. The van der Waals surface area contributed by atoms with Gasteiger partial charge in [-0.25, -0.2) is 4.39 Å². The molecular weight excluding hydrogens is 367 g/mol. The average molecular weight is 390 g/mol. The molecule has 2 amide bonds. The van der Waals surface area contributed by atoms with Gasteiger partial charge in [0.2, 0.25) is 5.91 Å². The van der Waals surface area contributed by atoms with Crippen LogP contribution in [0.5, 0.6) is 0 Å². The molecule has 0 fully saturated rings. The standard InChI is InChI=1S/C24H23FN2O2/c1-17(26-23(28)15-12-18-10-13-21(25)14-11-18)20-8-5-9-22(16-20)27-24(29)19-6-3-2-4-7-19/h2-11,13-14,16-17H,12,15H2,1H3,(H,26,28)(H,27,29). The van der Waals surface area contributed by atoms with Crippen molar-refractivity contribution >= 4 is 17.5 Å². The summed E-state index contributed by atoms with van der Waals surface area (Å²) in [4.78, 5) is 24.6. The summed E-state index contributed by atoms with van der Waals surface area (Å²) in [7, 11) is 0. The van der Waals surface area contributed by atoms with Gasteiger partial charge in [0.05, 0.1) is 6.04 Å². The number of carbonyl (C=O) groups excluding carboxylic acids is 2. The lowest BCUT2D eigenvalue weighted by atomic mass is 10.1. The summed E-state index contributed by atoms with van der Waals surface area (Å²) in [6.07, 6.45) is 0.867. The number of carbonyl (C=O) groups is 2. The molecule has 3 aromatic carbocycles. The quantitative estimate of drug-likeness (QED) is 0.604. The van der Waals surface area contributed by atoms with E-state index in [1.54, 1.807) is 24.3 Å². The molecule has 0 saturated heterocycles. The van der Waals surface area contributed by atoms with E-state index in [0.29, 0.717) is 24.1 Å². The fourth-order valence-electron chi connectivity index (χ4n) is 2.98. The van der Waals surface area contributed by atoms with E-state index >= 15 is 0 Å². The molecule has 0 aromatic heterocycles. The summed E-state index contributed by atoms with van der Waals surface area (Å²) in [5.74, 6) is -0.551. The fraction of sp³-hybridized carbons (Fsp3) is 0.167. The first-order chi connectivity index (χ1) is 14.0. The summed E-state index contributed by atoms with van der Waals surface area (Å²) >= 11 is 0. The van der Waals surface area contributed by atoms with Crippen LogP contribution in [-0.4, -0.2) is 11.8 Å². The van der Waals surface area contributed by atoms with Crippen molar-refractivity contribution in [3.63, 3.8) is 0 Å². The molecule has 0 bridgehead atoms. The second-order valence-corrected chi connectivity index (χ2v) is 6.86. The van der Waals surface area contributed by atoms with Crippen molar-refractivity contribution in [1.29, 1.82) is 0 Å². The topological polar surface area (TPSA) is 58.2 Å². The van der Waals surface area contributed by atoms with Crippen LogP contribution in [0, 0.1) is 5.82 Å². The summed E-state index contributed by atoms with van der Waals surface area (Å²) in [5.41, 5.74) is 3.06. The highest BCUT2D eigenvalue weighted by molar-refractivity contribution is 6.04. The zero-order valence-corrected chi connectivity index (χ0v) is 16.2. The molecule has 0 spiro atoms. The number of rotatable bonds is 7. The maximum Gasteiger partial charge on any atom is 0.255 e. The van der Waals surface area contributed by atoms with E-state index in [-0.39, 0.29) is 23.7 Å². The molecule has 0 aliphatic rings. The summed E-state index contributed by atoms with van der Waals surface area (Å²) in [5, 5.41) is 5.84.